The quantitative estimate of drug-likeness (QED) is 0.0289. The van der Waals surface area contributed by atoms with E-state index < -0.39 is 38.3 Å². The molecule has 0 aromatic heterocycles. The van der Waals surface area contributed by atoms with Gasteiger partial charge in [0.25, 0.3) is 0 Å². The van der Waals surface area contributed by atoms with E-state index >= 15 is 9.13 Å². The molecule has 0 saturated carbocycles. The second-order valence-electron chi connectivity index (χ2n) is 13.4. The van der Waals surface area contributed by atoms with Gasteiger partial charge in [-0.1, -0.05) is 81.1 Å². The lowest BCUT2D eigenvalue weighted by molar-refractivity contribution is -0.116. The highest BCUT2D eigenvalue weighted by Gasteiger charge is 2.47. The standard InChI is InChI=1S/C38H76N4O8P2/c1-11-19-29-47-51(45,48-30-20-12-2)35(37(39-33(9)43)41(25-15-5)26-16-6)23-24-36(38(40-34(10)44)42(27-17-7)28-18-8)52(46,49-31-21-13-3)50-32-22-14-4/h35-36H,11-32H2,1-10H3. The fourth-order valence-electron chi connectivity index (χ4n) is 5.75. The van der Waals surface area contributed by atoms with Crippen molar-refractivity contribution in [3.8, 4) is 0 Å². The summed E-state index contributed by atoms with van der Waals surface area (Å²) in [4.78, 5) is 38.8. The van der Waals surface area contributed by atoms with E-state index in [1.54, 1.807) is 0 Å². The summed E-state index contributed by atoms with van der Waals surface area (Å²) in [6.07, 6.45) is 9.32. The van der Waals surface area contributed by atoms with E-state index in [9.17, 15) is 9.59 Å². The van der Waals surface area contributed by atoms with Gasteiger partial charge < -0.3 is 27.9 Å². The maximum absolute atomic E-state index is 15.3. The number of rotatable bonds is 31. The number of aliphatic imine (C=N–C) groups is 2. The predicted molar refractivity (Wildman–Crippen MR) is 216 cm³/mol. The zero-order valence-corrected chi connectivity index (χ0v) is 36.4. The minimum absolute atomic E-state index is 0.109. The van der Waals surface area contributed by atoms with Crippen molar-refractivity contribution in [3.05, 3.63) is 0 Å². The molecule has 0 bridgehead atoms. The summed E-state index contributed by atoms with van der Waals surface area (Å²) in [5.41, 5.74) is -1.93. The van der Waals surface area contributed by atoms with Gasteiger partial charge >= 0.3 is 15.2 Å². The third-order valence-electron chi connectivity index (χ3n) is 8.32. The Bertz CT molecular complexity index is 1010. The molecular formula is C38H76N4O8P2. The van der Waals surface area contributed by atoms with Crippen molar-refractivity contribution in [1.29, 1.82) is 0 Å². The molecule has 0 heterocycles. The van der Waals surface area contributed by atoms with E-state index in [0.29, 0.717) is 63.5 Å². The minimum Gasteiger partial charge on any atom is -0.359 e. The highest BCUT2D eigenvalue weighted by atomic mass is 31.2. The van der Waals surface area contributed by atoms with Crippen LogP contribution in [0, 0.1) is 0 Å². The Balaban J connectivity index is 7.91. The lowest BCUT2D eigenvalue weighted by atomic mass is 10.1. The molecule has 0 aromatic rings. The molecule has 0 rings (SSSR count). The summed E-state index contributed by atoms with van der Waals surface area (Å²) >= 11 is 0. The first kappa shape index (κ1) is 50.6. The van der Waals surface area contributed by atoms with Crippen LogP contribution in [0.15, 0.2) is 9.98 Å². The van der Waals surface area contributed by atoms with E-state index in [-0.39, 0.29) is 39.3 Å². The van der Waals surface area contributed by atoms with Crippen LogP contribution in [-0.4, -0.2) is 97.2 Å². The van der Waals surface area contributed by atoms with E-state index in [1.165, 1.54) is 13.8 Å². The molecule has 0 N–H and O–H groups in total. The van der Waals surface area contributed by atoms with Crippen LogP contribution >= 0.6 is 15.2 Å². The number of hydrogen-bond acceptors (Lipinski definition) is 8. The second-order valence-corrected chi connectivity index (χ2v) is 17.8. The summed E-state index contributed by atoms with van der Waals surface area (Å²) in [6, 6.07) is 0. The largest absolute Gasteiger partial charge is 0.359 e. The molecule has 12 nitrogen and oxygen atoms in total. The van der Waals surface area contributed by atoms with Crippen LogP contribution in [0.25, 0.3) is 0 Å². The minimum atomic E-state index is -3.99. The molecule has 306 valence electrons. The van der Waals surface area contributed by atoms with Gasteiger partial charge in [-0.25, -0.2) is 0 Å². The van der Waals surface area contributed by atoms with E-state index in [4.69, 9.17) is 18.1 Å². The number of amidine groups is 2. The molecule has 0 radical (unpaired) electrons. The van der Waals surface area contributed by atoms with Crippen molar-refractivity contribution in [1.82, 2.24) is 9.80 Å². The Hall–Kier alpha value is -1.42. The van der Waals surface area contributed by atoms with Gasteiger partial charge in [0, 0.05) is 40.0 Å². The van der Waals surface area contributed by atoms with Gasteiger partial charge in [0.2, 0.25) is 11.8 Å². The molecule has 0 aromatic carbocycles. The van der Waals surface area contributed by atoms with Gasteiger partial charge in [0.05, 0.1) is 26.4 Å². The average Bonchev–Trinajstić information content (AvgIpc) is 3.08. The number of amides is 2. The molecule has 52 heavy (non-hydrogen) atoms. The third-order valence-corrected chi connectivity index (χ3v) is 13.0. The first-order valence-corrected chi connectivity index (χ1v) is 23.6. The van der Waals surface area contributed by atoms with Gasteiger partial charge in [0.1, 0.15) is 23.0 Å². The molecule has 2 atom stereocenters. The highest BCUT2D eigenvalue weighted by Crippen LogP contribution is 2.59. The first-order valence-electron chi connectivity index (χ1n) is 20.3. The Morgan fingerprint density at radius 2 is 0.731 bits per heavy atom. The zero-order chi connectivity index (χ0) is 39.4. The van der Waals surface area contributed by atoms with Gasteiger partial charge in [-0.3, -0.25) is 18.7 Å². The van der Waals surface area contributed by atoms with Crippen molar-refractivity contribution in [3.63, 3.8) is 0 Å². The third kappa shape index (κ3) is 19.3. The molecule has 14 heteroatoms. The summed E-state index contributed by atoms with van der Waals surface area (Å²) in [7, 11) is -7.97. The van der Waals surface area contributed by atoms with Crippen LogP contribution < -0.4 is 0 Å². The molecular weight excluding hydrogens is 702 g/mol. The molecule has 2 amide bonds. The lowest BCUT2D eigenvalue weighted by Crippen LogP contribution is -2.44. The summed E-state index contributed by atoms with van der Waals surface area (Å²) < 4.78 is 55.6. The monoisotopic (exact) mass is 779 g/mol. The number of carbonyl (C=O) groups excluding carboxylic acids is 2. The van der Waals surface area contributed by atoms with Crippen LogP contribution in [0.1, 0.15) is 159 Å². The van der Waals surface area contributed by atoms with Crippen molar-refractivity contribution in [2.45, 2.75) is 170 Å². The van der Waals surface area contributed by atoms with Crippen molar-refractivity contribution in [2.75, 3.05) is 52.6 Å². The van der Waals surface area contributed by atoms with Gasteiger partial charge in [-0.15, -0.1) is 0 Å². The highest BCUT2D eigenvalue weighted by molar-refractivity contribution is 7.56. The van der Waals surface area contributed by atoms with Gasteiger partial charge in [-0.05, 0) is 64.2 Å². The first-order chi connectivity index (χ1) is 24.9. The summed E-state index contributed by atoms with van der Waals surface area (Å²) in [6.45, 7) is 22.3. The lowest BCUT2D eigenvalue weighted by Gasteiger charge is -2.37. The van der Waals surface area contributed by atoms with E-state index in [0.717, 1.165) is 51.4 Å². The molecule has 0 aliphatic heterocycles. The van der Waals surface area contributed by atoms with Crippen LogP contribution in [0.2, 0.25) is 0 Å². The maximum atomic E-state index is 15.3. The molecule has 2 unspecified atom stereocenters. The Labute approximate surface area is 317 Å². The fraction of sp³-hybridized carbons (Fsp3) is 0.895. The summed E-state index contributed by atoms with van der Waals surface area (Å²) in [5.74, 6) is -0.141. The van der Waals surface area contributed by atoms with Gasteiger partial charge in [0.15, 0.2) is 0 Å². The Morgan fingerprint density at radius 3 is 0.923 bits per heavy atom. The summed E-state index contributed by atoms with van der Waals surface area (Å²) in [5, 5.41) is 0. The maximum Gasteiger partial charge on any atom is 0.341 e. The zero-order valence-electron chi connectivity index (χ0n) is 34.7. The smallest absolute Gasteiger partial charge is 0.341 e. The predicted octanol–water partition coefficient (Wildman–Crippen LogP) is 10.3. The SMILES string of the molecule is CCCCOP(=O)(OCCCC)C(CCC(C(=NC(C)=O)N(CCC)CCC)P(=O)(OCCCC)OCCCC)C(=NC(C)=O)N(CCC)CCC. The molecule has 0 aliphatic rings. The van der Waals surface area contributed by atoms with Crippen LogP contribution in [-0.2, 0) is 36.8 Å². The number of nitrogens with zero attached hydrogens (tertiary/aromatic N) is 4. The van der Waals surface area contributed by atoms with Crippen molar-refractivity contribution >= 4 is 38.7 Å². The number of unbranched alkanes of at least 4 members (excludes halogenated alkanes) is 4. The molecule has 0 spiro atoms. The number of carbonyl (C=O) groups is 2. The molecule has 0 aliphatic carbocycles. The van der Waals surface area contributed by atoms with Crippen molar-refractivity contribution < 1.29 is 36.8 Å². The van der Waals surface area contributed by atoms with E-state index in [1.807, 2.05) is 65.2 Å². The van der Waals surface area contributed by atoms with Crippen LogP contribution in [0.3, 0.4) is 0 Å². The van der Waals surface area contributed by atoms with E-state index in [2.05, 4.69) is 9.98 Å². The normalized spacial score (nSPS) is 14.0. The van der Waals surface area contributed by atoms with Gasteiger partial charge in [-0.2, -0.15) is 9.98 Å². The second kappa shape index (κ2) is 29.9. The Morgan fingerprint density at radius 1 is 0.481 bits per heavy atom. The Kier molecular flexibility index (Phi) is 29.1. The van der Waals surface area contributed by atoms with Crippen molar-refractivity contribution in [2.24, 2.45) is 9.98 Å². The average molecular weight is 779 g/mol. The fourth-order valence-corrected chi connectivity index (χ4v) is 10.1. The molecule has 0 saturated heterocycles. The molecule has 0 fully saturated rings. The topological polar surface area (TPSA) is 136 Å². The van der Waals surface area contributed by atoms with Crippen LogP contribution in [0.4, 0.5) is 0 Å². The number of hydrogen-bond donors (Lipinski definition) is 0. The van der Waals surface area contributed by atoms with Crippen LogP contribution in [0.5, 0.6) is 0 Å².